The lowest BCUT2D eigenvalue weighted by molar-refractivity contribution is -0.137. The molecule has 2 heterocycles. The summed E-state index contributed by atoms with van der Waals surface area (Å²) in [5, 5.41) is 0. The van der Waals surface area contributed by atoms with E-state index >= 15 is 0 Å². The number of aromatic nitrogens is 1. The van der Waals surface area contributed by atoms with Gasteiger partial charge in [-0.1, -0.05) is 0 Å². The van der Waals surface area contributed by atoms with Crippen LogP contribution in [0.3, 0.4) is 0 Å². The number of rotatable bonds is 2. The van der Waals surface area contributed by atoms with Crippen LogP contribution in [0.25, 0.3) is 0 Å². The lowest BCUT2D eigenvalue weighted by Crippen LogP contribution is -2.44. The maximum atomic E-state index is 12.5. The third kappa shape index (κ3) is 3.05. The molecule has 0 N–H and O–H groups in total. The predicted octanol–water partition coefficient (Wildman–Crippen LogP) is 3.05. The van der Waals surface area contributed by atoms with Gasteiger partial charge in [-0.3, -0.25) is 4.79 Å². The fourth-order valence-corrected chi connectivity index (χ4v) is 2.35. The van der Waals surface area contributed by atoms with Crippen molar-refractivity contribution in [1.29, 1.82) is 0 Å². The van der Waals surface area contributed by atoms with Gasteiger partial charge in [0.2, 0.25) is 0 Å². The number of halogens is 3. The van der Waals surface area contributed by atoms with Crippen molar-refractivity contribution in [3.05, 3.63) is 23.9 Å². The molecule has 1 atom stereocenters. The minimum atomic E-state index is -4.38. The van der Waals surface area contributed by atoms with Gasteiger partial charge in [0.25, 0.3) is 0 Å². The molecule has 1 saturated heterocycles. The van der Waals surface area contributed by atoms with E-state index in [9.17, 15) is 18.0 Å². The highest BCUT2D eigenvalue weighted by atomic mass is 19.4. The molecule has 1 fully saturated rings. The molecule has 0 radical (unpaired) electrons. The monoisotopic (exact) mass is 272 g/mol. The van der Waals surface area contributed by atoms with Gasteiger partial charge in [-0.15, -0.1) is 0 Å². The lowest BCUT2D eigenvalue weighted by Gasteiger charge is -2.35. The van der Waals surface area contributed by atoms with Crippen LogP contribution in [0.2, 0.25) is 0 Å². The molecular formula is C13H15F3N2O. The molecule has 3 nitrogen and oxygen atoms in total. The van der Waals surface area contributed by atoms with Crippen LogP contribution in [0.4, 0.5) is 19.0 Å². The van der Waals surface area contributed by atoms with Gasteiger partial charge in [0, 0.05) is 12.7 Å². The molecule has 1 unspecified atom stereocenters. The van der Waals surface area contributed by atoms with Crippen LogP contribution in [-0.4, -0.2) is 23.4 Å². The standard InChI is InChI=1S/C13H15F3N2O/c1-9(19)11-4-2-3-7-18(11)12-6-5-10(8-17-12)13(14,15)16/h5-6,8,11H,2-4,7H2,1H3. The van der Waals surface area contributed by atoms with Gasteiger partial charge in [-0.2, -0.15) is 13.2 Å². The maximum absolute atomic E-state index is 12.5. The highest BCUT2D eigenvalue weighted by Gasteiger charge is 2.32. The van der Waals surface area contributed by atoms with Crippen molar-refractivity contribution in [2.24, 2.45) is 0 Å². The van der Waals surface area contributed by atoms with Crippen molar-refractivity contribution in [2.45, 2.75) is 38.4 Å². The molecule has 1 aromatic rings. The summed E-state index contributed by atoms with van der Waals surface area (Å²) in [6.45, 7) is 2.16. The Morgan fingerprint density at radius 2 is 2.11 bits per heavy atom. The van der Waals surface area contributed by atoms with Crippen LogP contribution in [0.5, 0.6) is 0 Å². The molecule has 0 saturated carbocycles. The molecule has 0 amide bonds. The van der Waals surface area contributed by atoms with Crippen LogP contribution in [0.1, 0.15) is 31.7 Å². The largest absolute Gasteiger partial charge is 0.417 e. The van der Waals surface area contributed by atoms with Gasteiger partial charge in [0.05, 0.1) is 11.6 Å². The maximum Gasteiger partial charge on any atom is 0.417 e. The molecule has 1 aliphatic heterocycles. The van der Waals surface area contributed by atoms with E-state index in [4.69, 9.17) is 0 Å². The summed E-state index contributed by atoms with van der Waals surface area (Å²) in [7, 11) is 0. The van der Waals surface area contributed by atoms with Gasteiger partial charge in [0.15, 0.2) is 5.78 Å². The van der Waals surface area contributed by atoms with Gasteiger partial charge in [0.1, 0.15) is 5.82 Å². The molecule has 19 heavy (non-hydrogen) atoms. The van der Waals surface area contributed by atoms with Crippen LogP contribution < -0.4 is 4.90 Å². The number of carbonyl (C=O) groups excluding carboxylic acids is 1. The second-order valence-electron chi connectivity index (χ2n) is 4.72. The minimum Gasteiger partial charge on any atom is -0.347 e. The smallest absolute Gasteiger partial charge is 0.347 e. The second kappa shape index (κ2) is 5.19. The molecule has 6 heteroatoms. The number of pyridine rings is 1. The average molecular weight is 272 g/mol. The zero-order valence-electron chi connectivity index (χ0n) is 10.6. The van der Waals surface area contributed by atoms with E-state index in [2.05, 4.69) is 4.98 Å². The van der Waals surface area contributed by atoms with E-state index < -0.39 is 11.7 Å². The first kappa shape index (κ1) is 13.8. The van der Waals surface area contributed by atoms with Crippen LogP contribution in [0.15, 0.2) is 18.3 Å². The third-order valence-corrected chi connectivity index (χ3v) is 3.34. The summed E-state index contributed by atoms with van der Waals surface area (Å²) in [5.74, 6) is 0.467. The molecule has 1 aromatic heterocycles. The molecule has 2 rings (SSSR count). The number of anilines is 1. The number of carbonyl (C=O) groups is 1. The van der Waals surface area contributed by atoms with E-state index in [0.29, 0.717) is 12.4 Å². The molecule has 1 aliphatic rings. The van der Waals surface area contributed by atoms with Gasteiger partial charge in [-0.05, 0) is 38.3 Å². The highest BCUT2D eigenvalue weighted by molar-refractivity contribution is 5.84. The Labute approximate surface area is 109 Å². The topological polar surface area (TPSA) is 33.2 Å². The summed E-state index contributed by atoms with van der Waals surface area (Å²) in [6.07, 6.45) is -0.944. The van der Waals surface area contributed by atoms with Crippen molar-refractivity contribution in [1.82, 2.24) is 4.98 Å². The summed E-state index contributed by atoms with van der Waals surface area (Å²) >= 11 is 0. The van der Waals surface area contributed by atoms with Crippen molar-refractivity contribution in [3.63, 3.8) is 0 Å². The zero-order chi connectivity index (χ0) is 14.0. The Morgan fingerprint density at radius 3 is 2.63 bits per heavy atom. The number of piperidine rings is 1. The Morgan fingerprint density at radius 1 is 1.37 bits per heavy atom. The highest BCUT2D eigenvalue weighted by Crippen LogP contribution is 2.30. The van der Waals surface area contributed by atoms with Crippen molar-refractivity contribution >= 4 is 11.6 Å². The lowest BCUT2D eigenvalue weighted by atomic mass is 9.99. The SMILES string of the molecule is CC(=O)C1CCCCN1c1ccc(C(F)(F)F)cn1. The van der Waals surface area contributed by atoms with Crippen molar-refractivity contribution in [3.8, 4) is 0 Å². The summed E-state index contributed by atoms with van der Waals surface area (Å²) < 4.78 is 37.4. The van der Waals surface area contributed by atoms with Gasteiger partial charge >= 0.3 is 6.18 Å². The number of ketones is 1. The Hall–Kier alpha value is -1.59. The average Bonchev–Trinajstić information content (AvgIpc) is 2.38. The fourth-order valence-electron chi connectivity index (χ4n) is 2.35. The number of hydrogen-bond acceptors (Lipinski definition) is 3. The van der Waals surface area contributed by atoms with E-state index in [-0.39, 0.29) is 11.8 Å². The van der Waals surface area contributed by atoms with E-state index in [1.807, 2.05) is 0 Å². The molecule has 104 valence electrons. The summed E-state index contributed by atoms with van der Waals surface area (Å²) in [6, 6.07) is 2.08. The van der Waals surface area contributed by atoms with Crippen LogP contribution in [-0.2, 0) is 11.0 Å². The van der Waals surface area contributed by atoms with Crippen LogP contribution in [0, 0.1) is 0 Å². The van der Waals surface area contributed by atoms with E-state index in [0.717, 1.165) is 31.5 Å². The molecule has 0 aliphatic carbocycles. The third-order valence-electron chi connectivity index (χ3n) is 3.34. The predicted molar refractivity (Wildman–Crippen MR) is 64.9 cm³/mol. The van der Waals surface area contributed by atoms with E-state index in [1.54, 1.807) is 4.90 Å². The first-order valence-corrected chi connectivity index (χ1v) is 6.20. The molecule has 0 aromatic carbocycles. The van der Waals surface area contributed by atoms with E-state index in [1.165, 1.54) is 13.0 Å². The normalized spacial score (nSPS) is 20.4. The summed E-state index contributed by atoms with van der Waals surface area (Å²) in [5.41, 5.74) is -0.771. The summed E-state index contributed by atoms with van der Waals surface area (Å²) in [4.78, 5) is 17.2. The van der Waals surface area contributed by atoms with Crippen molar-refractivity contribution < 1.29 is 18.0 Å². The van der Waals surface area contributed by atoms with Crippen molar-refractivity contribution in [2.75, 3.05) is 11.4 Å². The number of nitrogens with zero attached hydrogens (tertiary/aromatic N) is 2. The Kier molecular flexibility index (Phi) is 3.78. The quantitative estimate of drug-likeness (QED) is 0.829. The molecular weight excluding hydrogens is 257 g/mol. The van der Waals surface area contributed by atoms with Crippen LogP contribution >= 0.6 is 0 Å². The second-order valence-corrected chi connectivity index (χ2v) is 4.72. The number of hydrogen-bond donors (Lipinski definition) is 0. The number of alkyl halides is 3. The Balaban J connectivity index is 2.23. The zero-order valence-corrected chi connectivity index (χ0v) is 10.6. The fraction of sp³-hybridized carbons (Fsp3) is 0.538. The number of Topliss-reactive ketones (excluding diaryl/α,β-unsaturated/α-hetero) is 1. The first-order valence-electron chi connectivity index (χ1n) is 6.20. The molecule has 0 bridgehead atoms. The van der Waals surface area contributed by atoms with Gasteiger partial charge < -0.3 is 4.90 Å². The minimum absolute atomic E-state index is 0.0291. The Bertz CT molecular complexity index is 456. The molecule has 0 spiro atoms. The van der Waals surface area contributed by atoms with Gasteiger partial charge in [-0.25, -0.2) is 4.98 Å². The first-order chi connectivity index (χ1) is 8.89.